The second-order valence-corrected chi connectivity index (χ2v) is 12.1. The summed E-state index contributed by atoms with van der Waals surface area (Å²) in [5.41, 5.74) is 0. The average molecular weight is 640 g/mol. The smallest absolute Gasteiger partial charge is 0.311 e. The molecule has 0 fully saturated rings. The molecular weight excluding hydrogens is 566 g/mol. The third-order valence-corrected chi connectivity index (χ3v) is 7.65. The predicted octanol–water partition coefficient (Wildman–Crippen LogP) is 9.84. The summed E-state index contributed by atoms with van der Waals surface area (Å²) < 4.78 is 10.1. The van der Waals surface area contributed by atoms with Gasteiger partial charge in [-0.05, 0) is 37.8 Å². The minimum Gasteiger partial charge on any atom is -0.435 e. The fourth-order valence-corrected chi connectivity index (χ4v) is 4.84. The van der Waals surface area contributed by atoms with E-state index in [4.69, 9.17) is 19.7 Å². The van der Waals surface area contributed by atoms with Gasteiger partial charge >= 0.3 is 11.9 Å². The average Bonchev–Trinajstić information content (AvgIpc) is 3.04. The summed E-state index contributed by atoms with van der Waals surface area (Å²) in [5.74, 6) is -0.774. The normalized spacial score (nSPS) is 11.2. The van der Waals surface area contributed by atoms with Crippen molar-refractivity contribution in [2.45, 2.75) is 181 Å². The number of carbonyl (C=O) groups excluding carboxylic acids is 2. The van der Waals surface area contributed by atoms with Crippen LogP contribution in [0.1, 0.15) is 181 Å². The molecule has 0 aliphatic rings. The van der Waals surface area contributed by atoms with Gasteiger partial charge in [0.1, 0.15) is 0 Å². The number of hydrogen-bond donors (Lipinski definition) is 3. The summed E-state index contributed by atoms with van der Waals surface area (Å²) in [6.45, 7) is 5.94. The van der Waals surface area contributed by atoms with Crippen LogP contribution in [0.3, 0.4) is 0 Å². The Bertz CT molecular complexity index is 598. The number of allylic oxidation sites excluding steroid dienone is 2. The Morgan fingerprint density at radius 2 is 0.778 bits per heavy atom. The molecule has 0 atom stereocenters. The van der Waals surface area contributed by atoms with Crippen LogP contribution in [0.5, 0.6) is 0 Å². The molecule has 0 amide bonds. The summed E-state index contributed by atoms with van der Waals surface area (Å²) in [5, 5.41) is 19.1. The molecule has 0 bridgehead atoms. The highest BCUT2D eigenvalue weighted by atomic mass is 16.5. The zero-order chi connectivity index (χ0) is 33.3. The highest BCUT2D eigenvalue weighted by molar-refractivity contribution is 5.78. The number of aliphatic hydroxyl groups excluding tert-OH is 2. The zero-order valence-corrected chi connectivity index (χ0v) is 29.6. The lowest BCUT2D eigenvalue weighted by atomic mass is 10.1. The van der Waals surface area contributed by atoms with Crippen LogP contribution in [0, 0.1) is 0 Å². The number of carbonyl (C=O) groups is 2. The third kappa shape index (κ3) is 44.5. The molecule has 0 aliphatic carbocycles. The van der Waals surface area contributed by atoms with Crippen LogP contribution in [0.4, 0.5) is 0 Å². The molecule has 0 spiro atoms. The van der Waals surface area contributed by atoms with Crippen LogP contribution in [-0.2, 0) is 19.1 Å². The lowest BCUT2D eigenvalue weighted by Gasteiger charge is -2.02. The van der Waals surface area contributed by atoms with Gasteiger partial charge in [0, 0.05) is 13.1 Å². The van der Waals surface area contributed by atoms with Gasteiger partial charge in [-0.3, -0.25) is 9.59 Å². The Morgan fingerprint density at radius 3 is 1.07 bits per heavy atom. The van der Waals surface area contributed by atoms with Crippen LogP contribution in [0.2, 0.25) is 0 Å². The van der Waals surface area contributed by atoms with Gasteiger partial charge in [0.05, 0.1) is 38.6 Å². The lowest BCUT2D eigenvalue weighted by molar-refractivity contribution is -0.144. The number of esters is 2. The van der Waals surface area contributed by atoms with Crippen molar-refractivity contribution in [3.63, 3.8) is 0 Å². The first kappa shape index (κ1) is 45.4. The first-order valence-corrected chi connectivity index (χ1v) is 18.7. The third-order valence-electron chi connectivity index (χ3n) is 7.65. The standard InChI is InChI=1S/C34H62O4.C4H11NO2/c1-3-5-7-9-11-13-15-17-19-21-23-25-27-31-37-33(35)29-30-34(36)38-32-28-26-24-22-20-18-16-14-12-10-8-6-4-2;6-3-1-5-2-4-7/h27-28,31-32H,3-26,29-30H2,1-2H3;5-7H,1-4H2. The maximum atomic E-state index is 11.8. The molecule has 7 heteroatoms. The number of hydrogen-bond acceptors (Lipinski definition) is 7. The van der Waals surface area contributed by atoms with Gasteiger partial charge in [-0.1, -0.05) is 142 Å². The molecule has 45 heavy (non-hydrogen) atoms. The van der Waals surface area contributed by atoms with Gasteiger partial charge < -0.3 is 25.0 Å². The first-order valence-electron chi connectivity index (χ1n) is 18.7. The van der Waals surface area contributed by atoms with Crippen molar-refractivity contribution in [2.24, 2.45) is 0 Å². The van der Waals surface area contributed by atoms with E-state index in [1.165, 1.54) is 141 Å². The van der Waals surface area contributed by atoms with E-state index in [9.17, 15) is 9.59 Å². The highest BCUT2D eigenvalue weighted by Crippen LogP contribution is 2.13. The van der Waals surface area contributed by atoms with Gasteiger partial charge in [0.25, 0.3) is 0 Å². The number of nitrogens with one attached hydrogen (secondary N) is 1. The first-order chi connectivity index (χ1) is 22.1. The van der Waals surface area contributed by atoms with Crippen LogP contribution in [0.15, 0.2) is 24.7 Å². The molecule has 0 saturated heterocycles. The van der Waals surface area contributed by atoms with Crippen LogP contribution >= 0.6 is 0 Å². The maximum absolute atomic E-state index is 11.8. The highest BCUT2D eigenvalue weighted by Gasteiger charge is 2.07. The monoisotopic (exact) mass is 640 g/mol. The van der Waals surface area contributed by atoms with Crippen molar-refractivity contribution in [3.8, 4) is 0 Å². The summed E-state index contributed by atoms with van der Waals surface area (Å²) >= 11 is 0. The van der Waals surface area contributed by atoms with E-state index < -0.39 is 0 Å². The van der Waals surface area contributed by atoms with Crippen LogP contribution in [0.25, 0.3) is 0 Å². The topological polar surface area (TPSA) is 105 Å². The lowest BCUT2D eigenvalue weighted by Crippen LogP contribution is -2.21. The molecule has 0 aromatic rings. The number of rotatable bonds is 33. The van der Waals surface area contributed by atoms with Crippen molar-refractivity contribution in [1.82, 2.24) is 5.32 Å². The Balaban J connectivity index is 0. The summed E-state index contributed by atoms with van der Waals surface area (Å²) in [7, 11) is 0. The summed E-state index contributed by atoms with van der Waals surface area (Å²) in [6, 6.07) is 0. The Hall–Kier alpha value is -1.70. The van der Waals surface area contributed by atoms with Gasteiger partial charge in [-0.15, -0.1) is 0 Å². The van der Waals surface area contributed by atoms with Crippen molar-refractivity contribution < 1.29 is 29.3 Å². The molecule has 3 N–H and O–H groups in total. The van der Waals surface area contributed by atoms with Crippen molar-refractivity contribution >= 4 is 11.9 Å². The second-order valence-electron chi connectivity index (χ2n) is 12.1. The van der Waals surface area contributed by atoms with Crippen molar-refractivity contribution in [1.29, 1.82) is 0 Å². The molecule has 0 aliphatic heterocycles. The Morgan fingerprint density at radius 1 is 0.489 bits per heavy atom. The maximum Gasteiger partial charge on any atom is 0.311 e. The number of unbranched alkanes of at least 4 members (excludes halogenated alkanes) is 22. The van der Waals surface area contributed by atoms with Crippen LogP contribution in [-0.4, -0.2) is 48.5 Å². The molecule has 0 saturated carbocycles. The Labute approximate surface area is 278 Å². The number of aliphatic hydroxyl groups is 2. The minimum atomic E-state index is -0.387. The molecule has 0 heterocycles. The van der Waals surface area contributed by atoms with Gasteiger partial charge in [-0.2, -0.15) is 0 Å². The molecule has 7 nitrogen and oxygen atoms in total. The molecule has 266 valence electrons. The van der Waals surface area contributed by atoms with Crippen molar-refractivity contribution in [2.75, 3.05) is 26.3 Å². The minimum absolute atomic E-state index is 0.0497. The van der Waals surface area contributed by atoms with E-state index in [0.29, 0.717) is 13.1 Å². The molecule has 0 unspecified atom stereocenters. The Kier molecular flexibility index (Phi) is 42.7. The van der Waals surface area contributed by atoms with E-state index in [0.717, 1.165) is 25.7 Å². The summed E-state index contributed by atoms with van der Waals surface area (Å²) in [6.07, 6.45) is 37.9. The van der Waals surface area contributed by atoms with Gasteiger partial charge in [0.15, 0.2) is 0 Å². The van der Waals surface area contributed by atoms with Gasteiger partial charge in [-0.25, -0.2) is 0 Å². The molecule has 0 aromatic heterocycles. The van der Waals surface area contributed by atoms with Gasteiger partial charge in [0.2, 0.25) is 0 Å². The van der Waals surface area contributed by atoms with E-state index in [2.05, 4.69) is 19.2 Å². The quantitative estimate of drug-likeness (QED) is 0.0373. The van der Waals surface area contributed by atoms with E-state index in [1.807, 2.05) is 12.2 Å². The SMILES string of the molecule is CCCCCCCCCCCCCC=COC(=O)CCC(=O)OC=CCCCCCCCCCCCCC.OCCNCCO. The largest absolute Gasteiger partial charge is 0.435 e. The predicted molar refractivity (Wildman–Crippen MR) is 189 cm³/mol. The van der Waals surface area contributed by atoms with E-state index in [1.54, 1.807) is 0 Å². The second kappa shape index (κ2) is 42.3. The molecular formula is C38H73NO6. The fourth-order valence-electron chi connectivity index (χ4n) is 4.84. The van der Waals surface area contributed by atoms with E-state index >= 15 is 0 Å². The molecule has 0 radical (unpaired) electrons. The fraction of sp³-hybridized carbons (Fsp3) is 0.842. The molecule has 0 rings (SSSR count). The van der Waals surface area contributed by atoms with Crippen LogP contribution < -0.4 is 5.32 Å². The zero-order valence-electron chi connectivity index (χ0n) is 29.6. The molecule has 0 aromatic carbocycles. The van der Waals surface area contributed by atoms with E-state index in [-0.39, 0.29) is 38.0 Å². The summed E-state index contributed by atoms with van der Waals surface area (Å²) in [4.78, 5) is 23.5. The number of ether oxygens (including phenoxy) is 2. The van der Waals surface area contributed by atoms with Crippen molar-refractivity contribution in [3.05, 3.63) is 24.7 Å².